The van der Waals surface area contributed by atoms with Gasteiger partial charge in [0.1, 0.15) is 5.82 Å². The van der Waals surface area contributed by atoms with E-state index in [0.29, 0.717) is 0 Å². The Bertz CT molecular complexity index is 699. The number of thiophene rings is 1. The summed E-state index contributed by atoms with van der Waals surface area (Å²) in [5.41, 5.74) is 10.0. The summed E-state index contributed by atoms with van der Waals surface area (Å²) in [6.45, 7) is 2.05. The second-order valence-corrected chi connectivity index (χ2v) is 5.77. The van der Waals surface area contributed by atoms with Crippen LogP contribution in [0, 0.1) is 6.92 Å². The van der Waals surface area contributed by atoms with Gasteiger partial charge in [0.2, 0.25) is 0 Å². The van der Waals surface area contributed by atoms with Gasteiger partial charge < -0.3 is 10.7 Å². The fourth-order valence-electron chi connectivity index (χ4n) is 1.89. The van der Waals surface area contributed by atoms with Gasteiger partial charge in [0.25, 0.3) is 0 Å². The fourth-order valence-corrected chi connectivity index (χ4v) is 3.11. The van der Waals surface area contributed by atoms with Gasteiger partial charge in [-0.05, 0) is 36.1 Å². The Labute approximate surface area is 111 Å². The van der Waals surface area contributed by atoms with E-state index in [0.717, 1.165) is 37.5 Å². The third-order valence-corrected chi connectivity index (χ3v) is 3.90. The van der Waals surface area contributed by atoms with Crippen molar-refractivity contribution in [2.24, 2.45) is 0 Å². The van der Waals surface area contributed by atoms with Gasteiger partial charge in [-0.25, -0.2) is 4.98 Å². The predicted molar refractivity (Wildman–Crippen MR) is 76.3 cm³/mol. The first-order valence-corrected chi connectivity index (χ1v) is 6.81. The molecule has 0 aliphatic carbocycles. The van der Waals surface area contributed by atoms with E-state index in [1.807, 2.05) is 17.5 Å². The molecule has 2 heterocycles. The highest BCUT2D eigenvalue weighted by Crippen LogP contribution is 2.31. The fraction of sp³-hybridized carbons (Fsp3) is 0.0833. The van der Waals surface area contributed by atoms with Crippen LogP contribution in [-0.2, 0) is 0 Å². The van der Waals surface area contributed by atoms with Gasteiger partial charge in [0, 0.05) is 4.47 Å². The molecule has 17 heavy (non-hydrogen) atoms. The van der Waals surface area contributed by atoms with Crippen molar-refractivity contribution in [1.29, 1.82) is 0 Å². The first-order chi connectivity index (χ1) is 8.15. The molecular weight excluding hydrogens is 298 g/mol. The number of nitrogens with zero attached hydrogens (tertiary/aromatic N) is 1. The summed E-state index contributed by atoms with van der Waals surface area (Å²) in [6.07, 6.45) is 0. The number of aromatic amines is 1. The van der Waals surface area contributed by atoms with Crippen LogP contribution in [0.2, 0.25) is 0 Å². The zero-order chi connectivity index (χ0) is 12.0. The number of hydrogen-bond donors (Lipinski definition) is 2. The summed E-state index contributed by atoms with van der Waals surface area (Å²) in [4.78, 5) is 7.91. The standard InChI is InChI=1S/C12H10BrN3S/c1-6-4-7(13)5-9-10(6)16-12(15-9)8-2-3-17-11(8)14/h2-5H,14H2,1H3,(H,15,16). The number of nitrogens with one attached hydrogen (secondary N) is 1. The second kappa shape index (κ2) is 3.85. The van der Waals surface area contributed by atoms with E-state index in [9.17, 15) is 0 Å². The highest BCUT2D eigenvalue weighted by Gasteiger charge is 2.11. The number of hydrogen-bond acceptors (Lipinski definition) is 3. The lowest BCUT2D eigenvalue weighted by Crippen LogP contribution is -1.84. The second-order valence-electron chi connectivity index (χ2n) is 3.90. The number of anilines is 1. The number of imidazole rings is 1. The SMILES string of the molecule is Cc1cc(Br)cc2[nH]c(-c3ccsc3N)nc12. The van der Waals surface area contributed by atoms with Crippen molar-refractivity contribution in [2.75, 3.05) is 5.73 Å². The van der Waals surface area contributed by atoms with Crippen molar-refractivity contribution in [1.82, 2.24) is 9.97 Å². The van der Waals surface area contributed by atoms with E-state index < -0.39 is 0 Å². The third-order valence-electron chi connectivity index (χ3n) is 2.69. The molecule has 0 bridgehead atoms. The Morgan fingerprint density at radius 1 is 1.41 bits per heavy atom. The van der Waals surface area contributed by atoms with Gasteiger partial charge in [-0.2, -0.15) is 0 Å². The summed E-state index contributed by atoms with van der Waals surface area (Å²) in [5, 5.41) is 2.77. The van der Waals surface area contributed by atoms with E-state index in [1.165, 1.54) is 11.3 Å². The summed E-state index contributed by atoms with van der Waals surface area (Å²) in [6, 6.07) is 6.08. The van der Waals surface area contributed by atoms with Gasteiger partial charge in [-0.15, -0.1) is 11.3 Å². The topological polar surface area (TPSA) is 54.7 Å². The number of aryl methyl sites for hydroxylation is 1. The molecule has 3 rings (SSSR count). The Kier molecular flexibility index (Phi) is 2.45. The number of nitrogens with two attached hydrogens (primary N) is 1. The highest BCUT2D eigenvalue weighted by molar-refractivity contribution is 9.10. The molecule has 0 unspecified atom stereocenters. The molecule has 1 aromatic carbocycles. The molecule has 5 heteroatoms. The van der Waals surface area contributed by atoms with E-state index in [-0.39, 0.29) is 0 Å². The summed E-state index contributed by atoms with van der Waals surface area (Å²) in [7, 11) is 0. The molecule has 0 fully saturated rings. The Morgan fingerprint density at radius 3 is 2.94 bits per heavy atom. The van der Waals surface area contributed by atoms with Gasteiger partial charge >= 0.3 is 0 Å². The molecule has 0 saturated carbocycles. The van der Waals surface area contributed by atoms with E-state index >= 15 is 0 Å². The summed E-state index contributed by atoms with van der Waals surface area (Å²) < 4.78 is 1.05. The quantitative estimate of drug-likeness (QED) is 0.715. The average molecular weight is 308 g/mol. The molecule has 2 aromatic heterocycles. The lowest BCUT2D eigenvalue weighted by Gasteiger charge is -1.94. The molecule has 3 N–H and O–H groups in total. The van der Waals surface area contributed by atoms with Crippen LogP contribution < -0.4 is 5.73 Å². The van der Waals surface area contributed by atoms with Crippen LogP contribution >= 0.6 is 27.3 Å². The van der Waals surface area contributed by atoms with Gasteiger partial charge in [-0.1, -0.05) is 15.9 Å². The van der Waals surface area contributed by atoms with Gasteiger partial charge in [0.15, 0.2) is 0 Å². The van der Waals surface area contributed by atoms with Crippen molar-refractivity contribution >= 4 is 43.3 Å². The maximum absolute atomic E-state index is 5.91. The van der Waals surface area contributed by atoms with E-state index in [4.69, 9.17) is 5.73 Å². The minimum absolute atomic E-state index is 0.792. The molecule has 0 aliphatic rings. The Hall–Kier alpha value is -1.33. The molecular formula is C12H10BrN3S. The summed E-state index contributed by atoms with van der Waals surface area (Å²) >= 11 is 5.01. The molecule has 0 amide bonds. The molecule has 3 nitrogen and oxygen atoms in total. The van der Waals surface area contributed by atoms with Crippen molar-refractivity contribution in [3.8, 4) is 11.4 Å². The zero-order valence-corrected chi connectivity index (χ0v) is 11.5. The molecule has 0 aliphatic heterocycles. The monoisotopic (exact) mass is 307 g/mol. The average Bonchev–Trinajstić information content (AvgIpc) is 2.83. The number of fused-ring (bicyclic) bond motifs is 1. The Balaban J connectivity index is 2.27. The highest BCUT2D eigenvalue weighted by atomic mass is 79.9. The van der Waals surface area contributed by atoms with Gasteiger partial charge in [0.05, 0.1) is 21.6 Å². The molecule has 0 spiro atoms. The molecule has 0 saturated heterocycles. The van der Waals surface area contributed by atoms with Crippen molar-refractivity contribution in [2.45, 2.75) is 6.92 Å². The lowest BCUT2D eigenvalue weighted by molar-refractivity contribution is 1.34. The van der Waals surface area contributed by atoms with Crippen LogP contribution in [0.1, 0.15) is 5.56 Å². The molecule has 3 aromatic rings. The molecule has 86 valence electrons. The van der Waals surface area contributed by atoms with Crippen LogP contribution in [0.4, 0.5) is 5.00 Å². The lowest BCUT2D eigenvalue weighted by atomic mass is 10.2. The van der Waals surface area contributed by atoms with Gasteiger partial charge in [-0.3, -0.25) is 0 Å². The maximum Gasteiger partial charge on any atom is 0.141 e. The number of aromatic nitrogens is 2. The van der Waals surface area contributed by atoms with E-state index in [1.54, 1.807) is 0 Å². The maximum atomic E-state index is 5.91. The molecule has 0 atom stereocenters. The van der Waals surface area contributed by atoms with Crippen LogP contribution in [0.3, 0.4) is 0 Å². The Morgan fingerprint density at radius 2 is 2.24 bits per heavy atom. The van der Waals surface area contributed by atoms with E-state index in [2.05, 4.69) is 38.9 Å². The van der Waals surface area contributed by atoms with Crippen molar-refractivity contribution in [3.05, 3.63) is 33.6 Å². The normalized spacial score (nSPS) is 11.2. The summed E-state index contributed by atoms with van der Waals surface area (Å²) in [5.74, 6) is 0.833. The number of benzene rings is 1. The minimum atomic E-state index is 0.792. The van der Waals surface area contributed by atoms with Crippen LogP contribution in [0.15, 0.2) is 28.1 Å². The number of rotatable bonds is 1. The third kappa shape index (κ3) is 1.75. The number of H-pyrrole nitrogens is 1. The smallest absolute Gasteiger partial charge is 0.141 e. The first kappa shape index (κ1) is 10.8. The largest absolute Gasteiger partial charge is 0.390 e. The minimum Gasteiger partial charge on any atom is -0.390 e. The molecule has 0 radical (unpaired) electrons. The zero-order valence-electron chi connectivity index (χ0n) is 9.12. The number of halogens is 1. The van der Waals surface area contributed by atoms with Crippen LogP contribution in [0.5, 0.6) is 0 Å². The first-order valence-electron chi connectivity index (χ1n) is 5.14. The van der Waals surface area contributed by atoms with Crippen molar-refractivity contribution in [3.63, 3.8) is 0 Å². The predicted octanol–water partition coefficient (Wildman–Crippen LogP) is 3.94. The van der Waals surface area contributed by atoms with Crippen molar-refractivity contribution < 1.29 is 0 Å². The van der Waals surface area contributed by atoms with Crippen LogP contribution in [0.25, 0.3) is 22.4 Å². The van der Waals surface area contributed by atoms with Crippen LogP contribution in [-0.4, -0.2) is 9.97 Å². The number of nitrogen functional groups attached to an aromatic ring is 1.